The minimum absolute atomic E-state index is 0.0513. The molecule has 1 aliphatic rings. The van der Waals surface area contributed by atoms with Crippen LogP contribution in [0.1, 0.15) is 33.1 Å². The van der Waals surface area contributed by atoms with Gasteiger partial charge in [-0.2, -0.15) is 4.31 Å². The molecule has 0 bridgehead atoms. The third-order valence-corrected chi connectivity index (χ3v) is 5.26. The normalized spacial score (nSPS) is 22.5. The van der Waals surface area contributed by atoms with Gasteiger partial charge in [0.25, 0.3) is 0 Å². The zero-order chi connectivity index (χ0) is 13.3. The monoisotopic (exact) mass is 264 g/mol. The minimum atomic E-state index is -3.41. The van der Waals surface area contributed by atoms with Crippen LogP contribution in [0.2, 0.25) is 0 Å². The average Bonchev–Trinajstić information content (AvgIpc) is 2.55. The van der Waals surface area contributed by atoms with Crippen molar-refractivity contribution in [2.45, 2.75) is 44.7 Å². The lowest BCUT2D eigenvalue weighted by Gasteiger charge is -2.30. The Morgan fingerprint density at radius 1 is 1.53 bits per heavy atom. The van der Waals surface area contributed by atoms with E-state index in [-0.39, 0.29) is 17.7 Å². The predicted molar refractivity (Wildman–Crippen MR) is 64.0 cm³/mol. The van der Waals surface area contributed by atoms with Crippen LogP contribution in [0.5, 0.6) is 0 Å². The highest BCUT2D eigenvalue weighted by Gasteiger charge is 2.39. The number of nitrogens with zero attached hydrogens (tertiary/aromatic N) is 1. The maximum atomic E-state index is 12.1. The number of aliphatic carboxylic acids is 1. The Labute approximate surface area is 102 Å². The van der Waals surface area contributed by atoms with Crippen molar-refractivity contribution in [3.63, 3.8) is 0 Å². The van der Waals surface area contributed by atoms with Crippen LogP contribution in [-0.2, 0) is 14.8 Å². The maximum absolute atomic E-state index is 12.1. The molecule has 17 heavy (non-hydrogen) atoms. The van der Waals surface area contributed by atoms with E-state index in [4.69, 9.17) is 10.8 Å². The van der Waals surface area contributed by atoms with Crippen molar-refractivity contribution in [1.29, 1.82) is 0 Å². The van der Waals surface area contributed by atoms with Gasteiger partial charge < -0.3 is 10.8 Å². The van der Waals surface area contributed by atoms with Crippen molar-refractivity contribution < 1.29 is 18.3 Å². The molecule has 1 aliphatic heterocycles. The molecule has 3 N–H and O–H groups in total. The van der Waals surface area contributed by atoms with Gasteiger partial charge in [0.05, 0.1) is 5.75 Å². The van der Waals surface area contributed by atoms with Crippen molar-refractivity contribution >= 4 is 16.0 Å². The molecule has 0 radical (unpaired) electrons. The molecule has 100 valence electrons. The molecule has 0 amide bonds. The quantitative estimate of drug-likeness (QED) is 0.727. The molecule has 0 aromatic rings. The summed E-state index contributed by atoms with van der Waals surface area (Å²) in [5.74, 6) is -1.37. The van der Waals surface area contributed by atoms with E-state index in [0.29, 0.717) is 6.54 Å². The summed E-state index contributed by atoms with van der Waals surface area (Å²) >= 11 is 0. The fraction of sp³-hybridized carbons (Fsp3) is 0.900. The van der Waals surface area contributed by atoms with Gasteiger partial charge in [-0.05, 0) is 33.1 Å². The molecule has 7 heteroatoms. The number of hydrogen-bond donors (Lipinski definition) is 2. The largest absolute Gasteiger partial charge is 0.480 e. The fourth-order valence-corrected chi connectivity index (χ4v) is 4.13. The molecule has 1 unspecified atom stereocenters. The topological polar surface area (TPSA) is 101 Å². The highest BCUT2D eigenvalue weighted by Crippen LogP contribution is 2.31. The third kappa shape index (κ3) is 3.40. The van der Waals surface area contributed by atoms with E-state index in [1.807, 2.05) is 13.8 Å². The van der Waals surface area contributed by atoms with Gasteiger partial charge in [0.15, 0.2) is 0 Å². The van der Waals surface area contributed by atoms with E-state index in [1.54, 1.807) is 0 Å². The van der Waals surface area contributed by atoms with Crippen LogP contribution in [-0.4, -0.2) is 47.7 Å². The van der Waals surface area contributed by atoms with Gasteiger partial charge in [-0.1, -0.05) is 0 Å². The molecule has 1 rings (SSSR count). The summed E-state index contributed by atoms with van der Waals surface area (Å²) in [5, 5.41) is 8.61. The summed E-state index contributed by atoms with van der Waals surface area (Å²) in [7, 11) is -3.41. The zero-order valence-corrected chi connectivity index (χ0v) is 11.0. The van der Waals surface area contributed by atoms with Gasteiger partial charge in [-0.3, -0.25) is 4.79 Å². The number of nitrogens with two attached hydrogens (primary N) is 1. The van der Waals surface area contributed by atoms with Crippen molar-refractivity contribution in [3.05, 3.63) is 0 Å². The first-order chi connectivity index (χ1) is 7.67. The van der Waals surface area contributed by atoms with Crippen molar-refractivity contribution in [2.75, 3.05) is 12.3 Å². The summed E-state index contributed by atoms with van der Waals surface area (Å²) < 4.78 is 25.6. The van der Waals surface area contributed by atoms with E-state index in [9.17, 15) is 13.2 Å². The van der Waals surface area contributed by atoms with Crippen LogP contribution in [0.4, 0.5) is 0 Å². The molecule has 1 fully saturated rings. The smallest absolute Gasteiger partial charge is 0.320 e. The number of carboxylic acid groups (broad SMARTS) is 1. The van der Waals surface area contributed by atoms with Gasteiger partial charge in [0.2, 0.25) is 10.0 Å². The van der Waals surface area contributed by atoms with E-state index >= 15 is 0 Å². The molecule has 0 aromatic carbocycles. The summed E-state index contributed by atoms with van der Waals surface area (Å²) in [6, 6.07) is -1.12. The highest BCUT2D eigenvalue weighted by molar-refractivity contribution is 7.89. The Kier molecular flexibility index (Phi) is 4.16. The van der Waals surface area contributed by atoms with E-state index in [0.717, 1.165) is 12.8 Å². The summed E-state index contributed by atoms with van der Waals surface area (Å²) in [6.07, 6.45) is 1.62. The van der Waals surface area contributed by atoms with Gasteiger partial charge in [0, 0.05) is 12.1 Å². The van der Waals surface area contributed by atoms with Crippen LogP contribution >= 0.6 is 0 Å². The lowest BCUT2D eigenvalue weighted by molar-refractivity contribution is -0.138. The van der Waals surface area contributed by atoms with Gasteiger partial charge in [0.1, 0.15) is 6.04 Å². The first-order valence-corrected chi connectivity index (χ1v) is 7.27. The van der Waals surface area contributed by atoms with Crippen molar-refractivity contribution in [3.8, 4) is 0 Å². The summed E-state index contributed by atoms with van der Waals surface area (Å²) in [4.78, 5) is 10.5. The lowest BCUT2D eigenvalue weighted by atomic mass is 10.0. The Morgan fingerprint density at radius 3 is 2.53 bits per heavy atom. The van der Waals surface area contributed by atoms with E-state index < -0.39 is 22.0 Å². The Hall–Kier alpha value is -0.660. The van der Waals surface area contributed by atoms with E-state index in [1.165, 1.54) is 4.31 Å². The number of rotatable bonds is 5. The zero-order valence-electron chi connectivity index (χ0n) is 10.2. The summed E-state index contributed by atoms with van der Waals surface area (Å²) in [6.45, 7) is 4.28. The van der Waals surface area contributed by atoms with Gasteiger partial charge in [-0.25, -0.2) is 8.42 Å². The maximum Gasteiger partial charge on any atom is 0.320 e. The van der Waals surface area contributed by atoms with Crippen LogP contribution in [0.3, 0.4) is 0 Å². The number of carboxylic acids is 1. The summed E-state index contributed by atoms with van der Waals surface area (Å²) in [5.41, 5.74) is 4.94. The molecule has 1 atom stereocenters. The number of hydrogen-bond acceptors (Lipinski definition) is 4. The van der Waals surface area contributed by atoms with Crippen molar-refractivity contribution in [2.24, 2.45) is 5.73 Å². The van der Waals surface area contributed by atoms with Crippen LogP contribution in [0, 0.1) is 0 Å². The Morgan fingerprint density at radius 2 is 2.12 bits per heavy atom. The molecular formula is C10H20N2O4S. The fourth-order valence-electron chi connectivity index (χ4n) is 2.11. The van der Waals surface area contributed by atoms with Gasteiger partial charge >= 0.3 is 5.97 Å². The lowest BCUT2D eigenvalue weighted by Crippen LogP contribution is -2.45. The predicted octanol–water partition coefficient (Wildman–Crippen LogP) is -0.00740. The molecule has 0 aromatic heterocycles. The van der Waals surface area contributed by atoms with Crippen molar-refractivity contribution in [1.82, 2.24) is 4.31 Å². The van der Waals surface area contributed by atoms with Crippen LogP contribution in [0.25, 0.3) is 0 Å². The average molecular weight is 264 g/mol. The Balaban J connectivity index is 2.66. The molecule has 0 spiro atoms. The Bertz CT molecular complexity index is 391. The first-order valence-electron chi connectivity index (χ1n) is 5.66. The van der Waals surface area contributed by atoms with Crippen LogP contribution < -0.4 is 5.73 Å². The third-order valence-electron chi connectivity index (χ3n) is 3.16. The first kappa shape index (κ1) is 14.4. The van der Waals surface area contributed by atoms with Gasteiger partial charge in [-0.15, -0.1) is 0 Å². The molecule has 6 nitrogen and oxygen atoms in total. The molecule has 1 saturated heterocycles. The minimum Gasteiger partial charge on any atom is -0.480 e. The second-order valence-corrected chi connectivity index (χ2v) is 7.05. The highest BCUT2D eigenvalue weighted by atomic mass is 32.2. The molecule has 1 heterocycles. The van der Waals surface area contributed by atoms with E-state index in [2.05, 4.69) is 0 Å². The SMILES string of the molecule is CC1(C)CCCN1S(=O)(=O)CCC(N)C(=O)O. The molecule has 0 saturated carbocycles. The second kappa shape index (κ2) is 4.91. The second-order valence-electron chi connectivity index (χ2n) is 5.04. The molecule has 0 aliphatic carbocycles. The number of sulfonamides is 1. The standard InChI is InChI=1S/C10H20N2O4S/c1-10(2)5-3-6-12(10)17(15,16)7-4-8(11)9(13)14/h8H,3-7,11H2,1-2H3,(H,13,14). The number of carbonyl (C=O) groups is 1. The molecular weight excluding hydrogens is 244 g/mol. The van der Waals surface area contributed by atoms with Crippen LogP contribution in [0.15, 0.2) is 0 Å².